The van der Waals surface area contributed by atoms with Crippen LogP contribution in [0.3, 0.4) is 0 Å². The lowest BCUT2D eigenvalue weighted by Gasteiger charge is -2.47. The van der Waals surface area contributed by atoms with Crippen LogP contribution < -0.4 is 0 Å². The van der Waals surface area contributed by atoms with Gasteiger partial charge in [-0.3, -0.25) is 9.80 Å². The molecule has 104 valence electrons. The molecule has 1 aromatic carbocycles. The first-order valence-corrected chi connectivity index (χ1v) is 8.25. The average molecular weight is 323 g/mol. The summed E-state index contributed by atoms with van der Waals surface area (Å²) in [6.07, 6.45) is 4.20. The third-order valence-corrected chi connectivity index (χ3v) is 5.42. The van der Waals surface area contributed by atoms with Gasteiger partial charge < -0.3 is 0 Å². The molecule has 3 rings (SSSR count). The summed E-state index contributed by atoms with van der Waals surface area (Å²) >= 11 is 3.67. The molecular formula is C16H23BrN2. The van der Waals surface area contributed by atoms with Gasteiger partial charge in [0, 0.05) is 36.2 Å². The Balaban J connectivity index is 1.69. The van der Waals surface area contributed by atoms with Crippen molar-refractivity contribution in [3.63, 3.8) is 0 Å². The zero-order valence-corrected chi connectivity index (χ0v) is 13.3. The highest BCUT2D eigenvalue weighted by Gasteiger charge is 2.32. The first kappa shape index (κ1) is 13.6. The van der Waals surface area contributed by atoms with E-state index in [1.807, 2.05) is 0 Å². The Bertz CT molecular complexity index is 435. The van der Waals surface area contributed by atoms with E-state index >= 15 is 0 Å². The number of piperazine rings is 1. The molecule has 3 heteroatoms. The van der Waals surface area contributed by atoms with Crippen LogP contribution in [0.4, 0.5) is 0 Å². The van der Waals surface area contributed by atoms with Gasteiger partial charge in [-0.25, -0.2) is 0 Å². The molecular weight excluding hydrogens is 300 g/mol. The Kier molecular flexibility index (Phi) is 4.25. The van der Waals surface area contributed by atoms with Crippen LogP contribution in [0.25, 0.3) is 0 Å². The number of piperidine rings is 1. The number of hydrogen-bond donors (Lipinski definition) is 0. The summed E-state index contributed by atoms with van der Waals surface area (Å²) in [5.41, 5.74) is 1.42. The van der Waals surface area contributed by atoms with Crippen molar-refractivity contribution in [1.82, 2.24) is 9.80 Å². The van der Waals surface area contributed by atoms with Crippen molar-refractivity contribution in [3.05, 3.63) is 34.3 Å². The molecule has 2 atom stereocenters. The van der Waals surface area contributed by atoms with Gasteiger partial charge in [-0.1, -0.05) is 40.5 Å². The van der Waals surface area contributed by atoms with Crippen molar-refractivity contribution in [2.24, 2.45) is 0 Å². The Morgan fingerprint density at radius 3 is 2.89 bits per heavy atom. The molecule has 0 aromatic heterocycles. The first-order chi connectivity index (χ1) is 9.24. The molecule has 0 bridgehead atoms. The third kappa shape index (κ3) is 3.04. The quantitative estimate of drug-likeness (QED) is 0.822. The second kappa shape index (κ2) is 5.94. The number of fused-ring (bicyclic) bond motifs is 1. The summed E-state index contributed by atoms with van der Waals surface area (Å²) in [6, 6.07) is 10.1. The van der Waals surface area contributed by atoms with Crippen LogP contribution in [-0.4, -0.2) is 41.5 Å². The van der Waals surface area contributed by atoms with Gasteiger partial charge in [-0.15, -0.1) is 0 Å². The molecule has 0 spiro atoms. The van der Waals surface area contributed by atoms with Gasteiger partial charge >= 0.3 is 0 Å². The van der Waals surface area contributed by atoms with Crippen molar-refractivity contribution in [3.8, 4) is 0 Å². The van der Waals surface area contributed by atoms with E-state index in [1.165, 1.54) is 48.9 Å². The van der Waals surface area contributed by atoms with E-state index in [-0.39, 0.29) is 0 Å². The van der Waals surface area contributed by atoms with E-state index < -0.39 is 0 Å². The van der Waals surface area contributed by atoms with Crippen LogP contribution in [0, 0.1) is 0 Å². The van der Waals surface area contributed by atoms with Crippen molar-refractivity contribution in [1.29, 1.82) is 0 Å². The Morgan fingerprint density at radius 2 is 2.05 bits per heavy atom. The molecule has 2 heterocycles. The maximum absolute atomic E-state index is 3.67. The third-order valence-electron chi connectivity index (χ3n) is 4.65. The summed E-state index contributed by atoms with van der Waals surface area (Å²) < 4.78 is 1.24. The van der Waals surface area contributed by atoms with Crippen LogP contribution in [0.5, 0.6) is 0 Å². The lowest BCUT2D eigenvalue weighted by atomic mass is 9.97. The molecule has 19 heavy (non-hydrogen) atoms. The SMILES string of the molecule is C[C@@H]1CN2CCCC[C@H]2CN1Cc1ccccc1Br. The lowest BCUT2D eigenvalue weighted by Crippen LogP contribution is -2.58. The fourth-order valence-electron chi connectivity index (χ4n) is 3.48. The summed E-state index contributed by atoms with van der Waals surface area (Å²) in [7, 11) is 0. The predicted molar refractivity (Wildman–Crippen MR) is 83.2 cm³/mol. The van der Waals surface area contributed by atoms with Gasteiger partial charge in [0.25, 0.3) is 0 Å². The Labute approximate surface area is 124 Å². The normalized spacial score (nSPS) is 29.2. The number of hydrogen-bond acceptors (Lipinski definition) is 2. The van der Waals surface area contributed by atoms with Crippen molar-refractivity contribution in [2.75, 3.05) is 19.6 Å². The fourth-order valence-corrected chi connectivity index (χ4v) is 3.89. The van der Waals surface area contributed by atoms with Gasteiger partial charge in [0.2, 0.25) is 0 Å². The molecule has 0 amide bonds. The second-order valence-corrected chi connectivity index (χ2v) is 6.87. The largest absolute Gasteiger partial charge is 0.298 e. The second-order valence-electron chi connectivity index (χ2n) is 6.01. The van der Waals surface area contributed by atoms with E-state index in [9.17, 15) is 0 Å². The highest BCUT2D eigenvalue weighted by Crippen LogP contribution is 2.26. The monoisotopic (exact) mass is 322 g/mol. The molecule has 2 saturated heterocycles. The van der Waals surface area contributed by atoms with Crippen molar-refractivity contribution in [2.45, 2.75) is 44.8 Å². The van der Waals surface area contributed by atoms with Gasteiger partial charge in [0.05, 0.1) is 0 Å². The molecule has 2 nitrogen and oxygen atoms in total. The Hall–Kier alpha value is -0.380. The summed E-state index contributed by atoms with van der Waals surface area (Å²) in [5, 5.41) is 0. The van der Waals surface area contributed by atoms with Gasteiger partial charge in [0.15, 0.2) is 0 Å². The standard InChI is InChI=1S/C16H23BrN2/c1-13-10-18-9-5-4-7-15(18)12-19(13)11-14-6-2-3-8-16(14)17/h2-3,6,8,13,15H,4-5,7,9-12H2,1H3/t13-,15+/m1/s1. The molecule has 0 unspecified atom stereocenters. The van der Waals surface area contributed by atoms with Crippen LogP contribution in [0.1, 0.15) is 31.7 Å². The van der Waals surface area contributed by atoms with Crippen LogP contribution in [0.2, 0.25) is 0 Å². The molecule has 1 aromatic rings. The average Bonchev–Trinajstić information content (AvgIpc) is 2.42. The molecule has 2 aliphatic heterocycles. The highest BCUT2D eigenvalue weighted by atomic mass is 79.9. The van der Waals surface area contributed by atoms with E-state index in [2.05, 4.69) is 56.9 Å². The van der Waals surface area contributed by atoms with Crippen LogP contribution >= 0.6 is 15.9 Å². The first-order valence-electron chi connectivity index (χ1n) is 7.45. The smallest absolute Gasteiger partial charge is 0.0248 e. The molecule has 0 N–H and O–H groups in total. The van der Waals surface area contributed by atoms with Gasteiger partial charge in [-0.05, 0) is 37.9 Å². The van der Waals surface area contributed by atoms with Crippen LogP contribution in [-0.2, 0) is 6.54 Å². The van der Waals surface area contributed by atoms with Crippen molar-refractivity contribution >= 4 is 15.9 Å². The fraction of sp³-hybridized carbons (Fsp3) is 0.625. The zero-order chi connectivity index (χ0) is 13.2. The maximum Gasteiger partial charge on any atom is 0.0248 e. The molecule has 0 aliphatic carbocycles. The predicted octanol–water partition coefficient (Wildman–Crippen LogP) is 3.51. The van der Waals surface area contributed by atoms with Crippen LogP contribution in [0.15, 0.2) is 28.7 Å². The maximum atomic E-state index is 3.67. The zero-order valence-electron chi connectivity index (χ0n) is 11.7. The number of halogens is 1. The Morgan fingerprint density at radius 1 is 1.21 bits per heavy atom. The highest BCUT2D eigenvalue weighted by molar-refractivity contribution is 9.10. The van der Waals surface area contributed by atoms with E-state index in [0.717, 1.165) is 12.6 Å². The summed E-state index contributed by atoms with van der Waals surface area (Å²) in [5.74, 6) is 0. The summed E-state index contributed by atoms with van der Waals surface area (Å²) in [4.78, 5) is 5.37. The minimum Gasteiger partial charge on any atom is -0.298 e. The number of benzene rings is 1. The molecule has 2 aliphatic rings. The van der Waals surface area contributed by atoms with Gasteiger partial charge in [-0.2, -0.15) is 0 Å². The molecule has 0 saturated carbocycles. The number of nitrogens with zero attached hydrogens (tertiary/aromatic N) is 2. The van der Waals surface area contributed by atoms with Crippen molar-refractivity contribution < 1.29 is 0 Å². The summed E-state index contributed by atoms with van der Waals surface area (Å²) in [6.45, 7) is 7.25. The van der Waals surface area contributed by atoms with Gasteiger partial charge in [0.1, 0.15) is 0 Å². The number of rotatable bonds is 2. The van der Waals surface area contributed by atoms with E-state index in [4.69, 9.17) is 0 Å². The topological polar surface area (TPSA) is 6.48 Å². The van der Waals surface area contributed by atoms with E-state index in [0.29, 0.717) is 6.04 Å². The lowest BCUT2D eigenvalue weighted by molar-refractivity contribution is 0.0110. The minimum atomic E-state index is 0.668. The molecule has 2 fully saturated rings. The van der Waals surface area contributed by atoms with E-state index in [1.54, 1.807) is 0 Å². The molecule has 0 radical (unpaired) electrons. The minimum absolute atomic E-state index is 0.668.